The molecule has 0 atom stereocenters. The lowest BCUT2D eigenvalue weighted by Gasteiger charge is -2.22. The number of nitrogens with zero attached hydrogens (tertiary/aromatic N) is 5. The average molecular weight is 433 g/mol. The van der Waals surface area contributed by atoms with Gasteiger partial charge in [0.1, 0.15) is 12.9 Å². The number of carbonyl (C=O) groups excluding carboxylic acids is 2. The van der Waals surface area contributed by atoms with Crippen LogP contribution in [0.25, 0.3) is 5.69 Å². The number of rotatable bonds is 7. The number of nitrogens with one attached hydrogen (secondary N) is 1. The van der Waals surface area contributed by atoms with Crippen LogP contribution in [0, 0.1) is 0 Å². The number of tetrazole rings is 1. The Morgan fingerprint density at radius 1 is 1.14 bits per heavy atom. The van der Waals surface area contributed by atoms with Gasteiger partial charge in [0.2, 0.25) is 5.91 Å². The van der Waals surface area contributed by atoms with Crippen molar-refractivity contribution in [3.05, 3.63) is 64.4 Å². The lowest BCUT2D eigenvalue weighted by molar-refractivity contribution is -0.116. The molecule has 150 valence electrons. The molecule has 2 amide bonds. The normalized spacial score (nSPS) is 10.6. The smallest absolute Gasteiger partial charge is 0.254 e. The largest absolute Gasteiger partial charge is 0.329 e. The lowest BCUT2D eigenvalue weighted by Crippen LogP contribution is -2.38. The highest BCUT2D eigenvalue weighted by atomic mass is 35.5. The summed E-state index contributed by atoms with van der Waals surface area (Å²) in [6.07, 6.45) is 2.18. The molecule has 1 aromatic heterocycles. The van der Waals surface area contributed by atoms with Crippen molar-refractivity contribution in [2.45, 2.75) is 13.3 Å². The van der Waals surface area contributed by atoms with Crippen molar-refractivity contribution >= 4 is 40.7 Å². The number of hydrogen-bond donors (Lipinski definition) is 1. The van der Waals surface area contributed by atoms with Gasteiger partial charge in [-0.15, -0.1) is 5.10 Å². The number of amides is 2. The van der Waals surface area contributed by atoms with Crippen LogP contribution in [0.3, 0.4) is 0 Å². The third-order valence-electron chi connectivity index (χ3n) is 4.05. The molecule has 3 aromatic rings. The van der Waals surface area contributed by atoms with E-state index in [0.29, 0.717) is 34.3 Å². The summed E-state index contributed by atoms with van der Waals surface area (Å²) < 4.78 is 1.49. The van der Waals surface area contributed by atoms with E-state index in [2.05, 4.69) is 20.8 Å². The fourth-order valence-electron chi connectivity index (χ4n) is 2.70. The second-order valence-electron chi connectivity index (χ2n) is 6.20. The monoisotopic (exact) mass is 432 g/mol. The molecular weight excluding hydrogens is 415 g/mol. The quantitative estimate of drug-likeness (QED) is 0.616. The van der Waals surface area contributed by atoms with Crippen LogP contribution in [-0.2, 0) is 4.79 Å². The van der Waals surface area contributed by atoms with E-state index in [0.717, 1.165) is 5.69 Å². The van der Waals surface area contributed by atoms with Crippen molar-refractivity contribution < 1.29 is 9.59 Å². The first kappa shape index (κ1) is 20.8. The van der Waals surface area contributed by atoms with Gasteiger partial charge in [-0.2, -0.15) is 0 Å². The Bertz CT molecular complexity index is 992. The summed E-state index contributed by atoms with van der Waals surface area (Å²) in [4.78, 5) is 26.8. The van der Waals surface area contributed by atoms with Gasteiger partial charge in [-0.1, -0.05) is 30.1 Å². The van der Waals surface area contributed by atoms with Crippen molar-refractivity contribution in [2.75, 3.05) is 18.4 Å². The highest BCUT2D eigenvalue weighted by Gasteiger charge is 2.19. The first-order valence-corrected chi connectivity index (χ1v) is 9.61. The summed E-state index contributed by atoms with van der Waals surface area (Å²) in [5, 5.41) is 14.5. The average Bonchev–Trinajstić information content (AvgIpc) is 3.24. The summed E-state index contributed by atoms with van der Waals surface area (Å²) in [5.74, 6) is -0.589. The van der Waals surface area contributed by atoms with E-state index in [4.69, 9.17) is 23.2 Å². The van der Waals surface area contributed by atoms with Crippen LogP contribution < -0.4 is 5.32 Å². The molecule has 29 heavy (non-hydrogen) atoms. The van der Waals surface area contributed by atoms with Crippen molar-refractivity contribution in [1.82, 2.24) is 25.1 Å². The van der Waals surface area contributed by atoms with Crippen LogP contribution in [0.1, 0.15) is 23.7 Å². The van der Waals surface area contributed by atoms with Crippen LogP contribution >= 0.6 is 23.2 Å². The van der Waals surface area contributed by atoms with Crippen LogP contribution in [-0.4, -0.2) is 50.0 Å². The summed E-state index contributed by atoms with van der Waals surface area (Å²) in [6.45, 7) is 2.28. The fraction of sp³-hybridized carbons (Fsp3) is 0.211. The molecule has 0 saturated heterocycles. The van der Waals surface area contributed by atoms with Crippen molar-refractivity contribution in [3.8, 4) is 5.69 Å². The molecule has 0 spiro atoms. The lowest BCUT2D eigenvalue weighted by atomic mass is 10.1. The van der Waals surface area contributed by atoms with E-state index < -0.39 is 0 Å². The first-order chi connectivity index (χ1) is 14.0. The van der Waals surface area contributed by atoms with E-state index in [1.165, 1.54) is 15.9 Å². The molecule has 2 aromatic carbocycles. The molecule has 10 heteroatoms. The van der Waals surface area contributed by atoms with Gasteiger partial charge in [0.25, 0.3) is 5.91 Å². The Balaban J connectivity index is 1.69. The van der Waals surface area contributed by atoms with E-state index >= 15 is 0 Å². The second-order valence-corrected chi connectivity index (χ2v) is 7.04. The van der Waals surface area contributed by atoms with Crippen LogP contribution in [0.15, 0.2) is 48.8 Å². The summed E-state index contributed by atoms with van der Waals surface area (Å²) in [6, 6.07) is 11.6. The molecule has 0 fully saturated rings. The van der Waals surface area contributed by atoms with Gasteiger partial charge in [0.15, 0.2) is 0 Å². The molecule has 0 saturated carbocycles. The molecule has 0 aliphatic carbocycles. The molecule has 0 aliphatic rings. The Labute approximate surface area is 177 Å². The van der Waals surface area contributed by atoms with E-state index in [-0.39, 0.29) is 18.4 Å². The van der Waals surface area contributed by atoms with Crippen LogP contribution in [0.4, 0.5) is 5.69 Å². The molecule has 1 heterocycles. The molecule has 1 N–H and O–H groups in total. The predicted octanol–water partition coefficient (Wildman–Crippen LogP) is 3.46. The third kappa shape index (κ3) is 5.30. The number of benzene rings is 2. The Morgan fingerprint density at radius 2 is 1.90 bits per heavy atom. The Hall–Kier alpha value is -2.97. The van der Waals surface area contributed by atoms with Gasteiger partial charge in [0, 0.05) is 17.1 Å². The van der Waals surface area contributed by atoms with Gasteiger partial charge >= 0.3 is 0 Å². The summed E-state index contributed by atoms with van der Waals surface area (Å²) >= 11 is 12.0. The molecule has 8 nitrogen and oxygen atoms in total. The predicted molar refractivity (Wildman–Crippen MR) is 110 cm³/mol. The van der Waals surface area contributed by atoms with Gasteiger partial charge in [-0.25, -0.2) is 4.68 Å². The van der Waals surface area contributed by atoms with Crippen molar-refractivity contribution in [3.63, 3.8) is 0 Å². The van der Waals surface area contributed by atoms with E-state index in [1.807, 2.05) is 6.92 Å². The van der Waals surface area contributed by atoms with Gasteiger partial charge in [0.05, 0.1) is 16.4 Å². The molecule has 0 radical (unpaired) electrons. The highest BCUT2D eigenvalue weighted by Crippen LogP contribution is 2.25. The Morgan fingerprint density at radius 3 is 2.52 bits per heavy atom. The molecular formula is C19H18Cl2N6O2. The third-order valence-corrected chi connectivity index (χ3v) is 4.60. The van der Waals surface area contributed by atoms with E-state index in [9.17, 15) is 9.59 Å². The SMILES string of the molecule is CCCN(CC(=O)Nc1ccc(Cl)cc1Cl)C(=O)c1ccc(-n2cnnn2)cc1. The fourth-order valence-corrected chi connectivity index (χ4v) is 3.15. The standard InChI is InChI=1S/C19H18Cl2N6O2/c1-2-9-26(11-18(28)23-17-8-5-14(20)10-16(17)21)19(29)13-3-6-15(7-4-13)27-12-22-24-25-27/h3-8,10,12H,2,9,11H2,1H3,(H,23,28). The van der Waals surface area contributed by atoms with Crippen LogP contribution in [0.2, 0.25) is 10.0 Å². The minimum Gasteiger partial charge on any atom is -0.329 e. The molecule has 3 rings (SSSR count). The zero-order valence-electron chi connectivity index (χ0n) is 15.5. The zero-order valence-corrected chi connectivity index (χ0v) is 17.1. The number of halogens is 2. The molecule has 0 unspecified atom stereocenters. The number of hydrogen-bond acceptors (Lipinski definition) is 5. The maximum absolute atomic E-state index is 12.9. The topological polar surface area (TPSA) is 93.0 Å². The maximum Gasteiger partial charge on any atom is 0.254 e. The highest BCUT2D eigenvalue weighted by molar-refractivity contribution is 6.36. The van der Waals surface area contributed by atoms with Gasteiger partial charge in [-0.3, -0.25) is 9.59 Å². The van der Waals surface area contributed by atoms with Crippen molar-refractivity contribution in [2.24, 2.45) is 0 Å². The van der Waals surface area contributed by atoms with E-state index in [1.54, 1.807) is 42.5 Å². The minimum absolute atomic E-state index is 0.0968. The molecule has 0 aliphatic heterocycles. The molecule has 0 bridgehead atoms. The zero-order chi connectivity index (χ0) is 20.8. The number of anilines is 1. The minimum atomic E-state index is -0.346. The van der Waals surface area contributed by atoms with Gasteiger partial charge < -0.3 is 10.2 Å². The second kappa shape index (κ2) is 9.49. The van der Waals surface area contributed by atoms with Crippen LogP contribution in [0.5, 0.6) is 0 Å². The Kier molecular flexibility index (Phi) is 6.79. The summed E-state index contributed by atoms with van der Waals surface area (Å²) in [5.41, 5.74) is 1.63. The maximum atomic E-state index is 12.9. The van der Waals surface area contributed by atoms with Gasteiger partial charge in [-0.05, 0) is 59.3 Å². The first-order valence-electron chi connectivity index (χ1n) is 8.85. The number of carbonyl (C=O) groups is 2. The van der Waals surface area contributed by atoms with Crippen molar-refractivity contribution in [1.29, 1.82) is 0 Å². The number of aromatic nitrogens is 4. The summed E-state index contributed by atoms with van der Waals surface area (Å²) in [7, 11) is 0.